The molecule has 0 bridgehead atoms. The van der Waals surface area contributed by atoms with Gasteiger partial charge in [0, 0.05) is 56.4 Å². The van der Waals surface area contributed by atoms with Crippen LogP contribution < -0.4 is 9.64 Å². The van der Waals surface area contributed by atoms with Crippen molar-refractivity contribution in [1.29, 1.82) is 0 Å². The summed E-state index contributed by atoms with van der Waals surface area (Å²) in [5.74, 6) is -0.399. The molecule has 9 nitrogen and oxygen atoms in total. The lowest BCUT2D eigenvalue weighted by Gasteiger charge is -2.42. The van der Waals surface area contributed by atoms with Crippen molar-refractivity contribution in [1.82, 2.24) is 14.8 Å². The summed E-state index contributed by atoms with van der Waals surface area (Å²) in [6.07, 6.45) is 3.88. The molecular weight excluding hydrogens is 528 g/mol. The lowest BCUT2D eigenvalue weighted by atomic mass is 10.0. The molecule has 3 heterocycles. The van der Waals surface area contributed by atoms with Crippen LogP contribution in [0.4, 0.5) is 5.69 Å². The lowest BCUT2D eigenvalue weighted by molar-refractivity contribution is 0.0697. The minimum absolute atomic E-state index is 0.0427. The second-order valence-corrected chi connectivity index (χ2v) is 12.6. The number of benzene rings is 2. The van der Waals surface area contributed by atoms with Crippen LogP contribution in [0.5, 0.6) is 5.75 Å². The van der Waals surface area contributed by atoms with Crippen molar-refractivity contribution in [3.05, 3.63) is 54.1 Å². The van der Waals surface area contributed by atoms with E-state index >= 15 is 0 Å². The first-order valence-corrected chi connectivity index (χ1v) is 15.6. The number of likely N-dealkylation sites (N-methyl/N-ethyl adjacent to an activating group) is 1. The van der Waals surface area contributed by atoms with Crippen LogP contribution in [0.1, 0.15) is 43.0 Å². The molecular formula is C30H38N4O5S. The van der Waals surface area contributed by atoms with E-state index in [9.17, 15) is 18.3 Å². The first-order valence-electron chi connectivity index (χ1n) is 14.1. The summed E-state index contributed by atoms with van der Waals surface area (Å²) in [6, 6.07) is 13.2. The van der Waals surface area contributed by atoms with Crippen LogP contribution in [0.2, 0.25) is 0 Å². The second-order valence-electron chi connectivity index (χ2n) is 10.8. The molecule has 40 heavy (non-hydrogen) atoms. The largest absolute Gasteiger partial charge is 0.494 e. The highest BCUT2D eigenvalue weighted by Crippen LogP contribution is 2.34. The Morgan fingerprint density at radius 2 is 1.70 bits per heavy atom. The van der Waals surface area contributed by atoms with E-state index in [2.05, 4.69) is 33.7 Å². The van der Waals surface area contributed by atoms with Gasteiger partial charge in [0.25, 0.3) is 0 Å². The smallest absolute Gasteiger partial charge is 0.335 e. The van der Waals surface area contributed by atoms with E-state index in [4.69, 9.17) is 4.74 Å². The molecule has 2 aliphatic heterocycles. The van der Waals surface area contributed by atoms with Gasteiger partial charge in [-0.3, -0.25) is 4.90 Å². The van der Waals surface area contributed by atoms with Crippen LogP contribution in [0, 0.1) is 0 Å². The van der Waals surface area contributed by atoms with Crippen molar-refractivity contribution in [3.63, 3.8) is 0 Å². The zero-order valence-electron chi connectivity index (χ0n) is 23.3. The molecule has 3 aromatic rings. The average Bonchev–Trinajstić information content (AvgIpc) is 2.97. The molecule has 1 N–H and O–H groups in total. The number of piperidine rings is 1. The van der Waals surface area contributed by atoms with Gasteiger partial charge < -0.3 is 19.6 Å². The molecule has 1 aromatic heterocycles. The topological polar surface area (TPSA) is 103 Å². The van der Waals surface area contributed by atoms with Gasteiger partial charge in [-0.2, -0.15) is 0 Å². The highest BCUT2D eigenvalue weighted by Gasteiger charge is 2.29. The standard InChI is InChI=1S/C30H38N4O5S/c1-3-4-19-39-24-6-8-25(9-7-24)40(37,38)29-21-28(26-20-22(30(35)36)5-10-27(26)31-29)34-13-11-23(12-14-34)33-17-15-32(2)16-18-33/h5-10,20-21,23H,3-4,11-19H2,1-2H3,(H,35,36). The number of aromatic nitrogens is 1. The quantitative estimate of drug-likeness (QED) is 0.383. The first kappa shape index (κ1) is 28.3. The maximum absolute atomic E-state index is 13.7. The summed E-state index contributed by atoms with van der Waals surface area (Å²) in [5, 5.41) is 10.2. The van der Waals surface area contributed by atoms with E-state index in [-0.39, 0.29) is 15.5 Å². The molecule has 2 aliphatic rings. The third-order valence-corrected chi connectivity index (χ3v) is 9.70. The van der Waals surface area contributed by atoms with Crippen molar-refractivity contribution in [2.75, 3.05) is 57.8 Å². The number of rotatable bonds is 9. The number of sulfone groups is 1. The Balaban J connectivity index is 1.45. The van der Waals surface area contributed by atoms with Gasteiger partial charge in [-0.1, -0.05) is 13.3 Å². The summed E-state index contributed by atoms with van der Waals surface area (Å²) in [7, 11) is -1.76. The number of hydrogen-bond donors (Lipinski definition) is 1. The molecule has 0 unspecified atom stereocenters. The molecule has 0 radical (unpaired) electrons. The van der Waals surface area contributed by atoms with Gasteiger partial charge in [0.15, 0.2) is 5.03 Å². The molecule has 2 saturated heterocycles. The molecule has 0 aliphatic carbocycles. The van der Waals surface area contributed by atoms with Crippen LogP contribution in [-0.4, -0.2) is 93.2 Å². The molecule has 2 fully saturated rings. The lowest BCUT2D eigenvalue weighted by Crippen LogP contribution is -2.52. The number of unbranched alkanes of at least 4 members (excludes halogenated alkanes) is 1. The van der Waals surface area contributed by atoms with Gasteiger partial charge in [-0.25, -0.2) is 18.2 Å². The number of piperazine rings is 1. The summed E-state index contributed by atoms with van der Waals surface area (Å²) in [4.78, 5) is 23.5. The highest BCUT2D eigenvalue weighted by atomic mass is 32.2. The fraction of sp³-hybridized carbons (Fsp3) is 0.467. The maximum Gasteiger partial charge on any atom is 0.335 e. The average molecular weight is 567 g/mol. The van der Waals surface area contributed by atoms with E-state index in [1.165, 1.54) is 6.07 Å². The van der Waals surface area contributed by atoms with Crippen molar-refractivity contribution >= 4 is 32.4 Å². The summed E-state index contributed by atoms with van der Waals surface area (Å²) < 4.78 is 33.1. The number of carboxylic acids is 1. The van der Waals surface area contributed by atoms with Gasteiger partial charge >= 0.3 is 5.97 Å². The molecule has 5 rings (SSSR count). The first-order chi connectivity index (χ1) is 19.3. The second kappa shape index (κ2) is 12.1. The van der Waals surface area contributed by atoms with E-state index in [1.807, 2.05) is 0 Å². The van der Waals surface area contributed by atoms with E-state index in [0.717, 1.165) is 65.0 Å². The predicted octanol–water partition coefficient (Wildman–Crippen LogP) is 4.16. The van der Waals surface area contributed by atoms with E-state index in [0.29, 0.717) is 35.0 Å². The maximum atomic E-state index is 13.7. The van der Waals surface area contributed by atoms with Gasteiger partial charge in [0.05, 0.1) is 22.6 Å². The number of anilines is 1. The summed E-state index contributed by atoms with van der Waals surface area (Å²) >= 11 is 0. The normalized spacial score (nSPS) is 17.8. The Morgan fingerprint density at radius 3 is 2.35 bits per heavy atom. The van der Waals surface area contributed by atoms with Gasteiger partial charge in [-0.05, 0) is 74.8 Å². The molecule has 0 saturated carbocycles. The zero-order chi connectivity index (χ0) is 28.3. The van der Waals surface area contributed by atoms with E-state index < -0.39 is 15.8 Å². The Labute approximate surface area is 236 Å². The van der Waals surface area contributed by atoms with Gasteiger partial charge in [0.1, 0.15) is 5.75 Å². The molecule has 0 amide bonds. The molecule has 10 heteroatoms. The Hall–Kier alpha value is -3.21. The fourth-order valence-corrected chi connectivity index (χ4v) is 6.77. The number of fused-ring (bicyclic) bond motifs is 1. The number of nitrogens with zero attached hydrogens (tertiary/aromatic N) is 4. The number of aromatic carboxylic acids is 1. The van der Waals surface area contributed by atoms with Crippen molar-refractivity contribution in [2.24, 2.45) is 0 Å². The minimum atomic E-state index is -3.92. The molecule has 214 valence electrons. The Morgan fingerprint density at radius 1 is 1.00 bits per heavy atom. The van der Waals surface area contributed by atoms with E-state index in [1.54, 1.807) is 42.5 Å². The van der Waals surface area contributed by atoms with Gasteiger partial charge in [0.2, 0.25) is 9.84 Å². The number of carbonyl (C=O) groups is 1. The third-order valence-electron chi connectivity index (χ3n) is 8.05. The zero-order valence-corrected chi connectivity index (χ0v) is 24.1. The van der Waals surface area contributed by atoms with Crippen molar-refractivity contribution in [2.45, 2.75) is 48.6 Å². The van der Waals surface area contributed by atoms with Crippen LogP contribution in [-0.2, 0) is 9.84 Å². The predicted molar refractivity (Wildman–Crippen MR) is 155 cm³/mol. The Kier molecular flexibility index (Phi) is 8.58. The number of carboxylic acid groups (broad SMARTS) is 1. The summed E-state index contributed by atoms with van der Waals surface area (Å²) in [6.45, 7) is 8.45. The number of hydrogen-bond acceptors (Lipinski definition) is 8. The van der Waals surface area contributed by atoms with Gasteiger partial charge in [-0.15, -0.1) is 0 Å². The monoisotopic (exact) mass is 566 g/mol. The molecule has 0 atom stereocenters. The summed E-state index contributed by atoms with van der Waals surface area (Å²) in [5.41, 5.74) is 1.32. The third kappa shape index (κ3) is 6.09. The van der Waals surface area contributed by atoms with Crippen LogP contribution in [0.25, 0.3) is 10.9 Å². The minimum Gasteiger partial charge on any atom is -0.494 e. The Bertz CT molecular complexity index is 1440. The van der Waals surface area contributed by atoms with Crippen LogP contribution in [0.3, 0.4) is 0 Å². The van der Waals surface area contributed by atoms with Crippen molar-refractivity contribution < 1.29 is 23.1 Å². The SMILES string of the molecule is CCCCOc1ccc(S(=O)(=O)c2cc(N3CCC(N4CCN(C)CC4)CC3)c3cc(C(=O)O)ccc3n2)cc1. The highest BCUT2D eigenvalue weighted by molar-refractivity contribution is 7.91. The van der Waals surface area contributed by atoms with Crippen LogP contribution in [0.15, 0.2) is 58.5 Å². The molecule has 2 aromatic carbocycles. The number of pyridine rings is 1. The molecule has 0 spiro atoms. The van der Waals surface area contributed by atoms with Crippen LogP contribution >= 0.6 is 0 Å². The van der Waals surface area contributed by atoms with Crippen molar-refractivity contribution in [3.8, 4) is 5.75 Å². The fourth-order valence-electron chi connectivity index (χ4n) is 5.55. The number of ether oxygens (including phenoxy) is 1.